The third-order valence-corrected chi connectivity index (χ3v) is 3.31. The van der Waals surface area contributed by atoms with Crippen LogP contribution < -0.4 is 5.32 Å². The summed E-state index contributed by atoms with van der Waals surface area (Å²) in [5.41, 5.74) is 0. The van der Waals surface area contributed by atoms with Crippen LogP contribution in [-0.2, 0) is 0 Å². The van der Waals surface area contributed by atoms with Crippen molar-refractivity contribution in [3.8, 4) is 0 Å². The molecule has 0 spiro atoms. The topological polar surface area (TPSA) is 58.0 Å². The van der Waals surface area contributed by atoms with E-state index >= 15 is 0 Å². The lowest BCUT2D eigenvalue weighted by molar-refractivity contribution is 0.266. The molecule has 1 atom stereocenters. The molecule has 1 aliphatic rings. The number of rotatable bonds is 6. The van der Waals surface area contributed by atoms with Crippen LogP contribution in [0.5, 0.6) is 0 Å². The number of halogens is 1. The van der Waals surface area contributed by atoms with Crippen molar-refractivity contribution >= 4 is 21.7 Å². The third kappa shape index (κ3) is 3.92. The summed E-state index contributed by atoms with van der Waals surface area (Å²) in [6.45, 7) is 3.18. The molecule has 4 nitrogen and oxygen atoms in total. The summed E-state index contributed by atoms with van der Waals surface area (Å²) in [4.78, 5) is 8.90. The van der Waals surface area contributed by atoms with E-state index in [9.17, 15) is 0 Å². The molecule has 94 valence electrons. The van der Waals surface area contributed by atoms with Gasteiger partial charge in [-0.1, -0.05) is 6.92 Å². The molecule has 0 saturated heterocycles. The summed E-state index contributed by atoms with van der Waals surface area (Å²) in [7, 11) is 0. The highest BCUT2D eigenvalue weighted by Gasteiger charge is 2.27. The second-order valence-electron chi connectivity index (χ2n) is 4.71. The first kappa shape index (κ1) is 12.8. The number of aliphatic hydroxyl groups is 1. The van der Waals surface area contributed by atoms with E-state index in [1.54, 1.807) is 0 Å². The number of nitrogens with one attached hydrogen (secondary N) is 1. The molecule has 1 saturated carbocycles. The van der Waals surface area contributed by atoms with Gasteiger partial charge in [-0.3, -0.25) is 0 Å². The zero-order chi connectivity index (χ0) is 12.3. The summed E-state index contributed by atoms with van der Waals surface area (Å²) in [6, 6.07) is 1.90. The minimum atomic E-state index is 0.240. The first-order valence-corrected chi connectivity index (χ1v) is 6.87. The molecule has 1 aliphatic carbocycles. The van der Waals surface area contributed by atoms with Crippen molar-refractivity contribution in [3.63, 3.8) is 0 Å². The highest BCUT2D eigenvalue weighted by molar-refractivity contribution is 9.10. The molecule has 1 aromatic heterocycles. The molecule has 0 amide bonds. The Morgan fingerprint density at radius 3 is 2.94 bits per heavy atom. The number of aliphatic hydroxyl groups excluding tert-OH is 1. The molecule has 0 radical (unpaired) electrons. The van der Waals surface area contributed by atoms with Crippen LogP contribution in [0.15, 0.2) is 10.7 Å². The van der Waals surface area contributed by atoms with Crippen LogP contribution >= 0.6 is 15.9 Å². The van der Waals surface area contributed by atoms with Gasteiger partial charge >= 0.3 is 0 Å². The minimum Gasteiger partial charge on any atom is -0.396 e. The van der Waals surface area contributed by atoms with Crippen LogP contribution in [0.3, 0.4) is 0 Å². The van der Waals surface area contributed by atoms with E-state index < -0.39 is 0 Å². The average Bonchev–Trinajstić information content (AvgIpc) is 3.10. The predicted molar refractivity (Wildman–Crippen MR) is 71.1 cm³/mol. The van der Waals surface area contributed by atoms with Crippen LogP contribution in [0.2, 0.25) is 0 Å². The first-order valence-electron chi connectivity index (χ1n) is 6.08. The Balaban J connectivity index is 1.95. The monoisotopic (exact) mass is 299 g/mol. The van der Waals surface area contributed by atoms with Crippen LogP contribution in [0.1, 0.15) is 37.9 Å². The Morgan fingerprint density at radius 2 is 2.29 bits per heavy atom. The largest absolute Gasteiger partial charge is 0.396 e. The summed E-state index contributed by atoms with van der Waals surface area (Å²) in [5.74, 6) is 2.82. The van der Waals surface area contributed by atoms with Gasteiger partial charge in [-0.05, 0) is 41.1 Å². The van der Waals surface area contributed by atoms with Gasteiger partial charge in [0.2, 0.25) is 0 Å². The second-order valence-corrected chi connectivity index (χ2v) is 5.52. The fourth-order valence-electron chi connectivity index (χ4n) is 1.65. The Labute approximate surface area is 110 Å². The number of anilines is 1. The van der Waals surface area contributed by atoms with Gasteiger partial charge in [0.1, 0.15) is 16.2 Å². The second kappa shape index (κ2) is 5.78. The molecule has 1 aromatic rings. The number of hydrogen-bond acceptors (Lipinski definition) is 4. The lowest BCUT2D eigenvalue weighted by atomic mass is 10.1. The van der Waals surface area contributed by atoms with Crippen LogP contribution in [0.25, 0.3) is 0 Å². The normalized spacial score (nSPS) is 16.9. The Morgan fingerprint density at radius 1 is 1.53 bits per heavy atom. The maximum Gasteiger partial charge on any atom is 0.135 e. The summed E-state index contributed by atoms with van der Waals surface area (Å²) < 4.78 is 0.840. The van der Waals surface area contributed by atoms with E-state index in [0.29, 0.717) is 11.8 Å². The molecule has 2 rings (SSSR count). The predicted octanol–water partition coefficient (Wildman–Crippen LogP) is 2.55. The summed E-state index contributed by atoms with van der Waals surface area (Å²) >= 11 is 3.42. The van der Waals surface area contributed by atoms with E-state index in [0.717, 1.165) is 29.2 Å². The molecule has 0 aliphatic heterocycles. The van der Waals surface area contributed by atoms with Gasteiger partial charge in [0.15, 0.2) is 0 Å². The number of nitrogens with zero attached hydrogens (tertiary/aromatic N) is 2. The average molecular weight is 300 g/mol. The summed E-state index contributed by atoms with van der Waals surface area (Å²) in [5, 5.41) is 12.1. The SMILES string of the molecule is CC(CCO)CNc1cc(Br)nc(C2CC2)n1. The van der Waals surface area contributed by atoms with Gasteiger partial charge in [-0.2, -0.15) is 0 Å². The van der Waals surface area contributed by atoms with Crippen molar-refractivity contribution in [2.24, 2.45) is 5.92 Å². The molecule has 0 aromatic carbocycles. The van der Waals surface area contributed by atoms with Crippen molar-refractivity contribution in [1.82, 2.24) is 9.97 Å². The molecule has 0 bridgehead atoms. The molecular weight excluding hydrogens is 282 g/mol. The van der Waals surface area contributed by atoms with Gasteiger partial charge in [-0.25, -0.2) is 9.97 Å². The first-order chi connectivity index (χ1) is 8.19. The van der Waals surface area contributed by atoms with Crippen molar-refractivity contribution < 1.29 is 5.11 Å². The maximum atomic E-state index is 8.84. The van der Waals surface area contributed by atoms with E-state index in [-0.39, 0.29) is 6.61 Å². The molecular formula is C12H18BrN3O. The quantitative estimate of drug-likeness (QED) is 0.793. The van der Waals surface area contributed by atoms with Crippen molar-refractivity contribution in [3.05, 3.63) is 16.5 Å². The van der Waals surface area contributed by atoms with E-state index in [2.05, 4.69) is 38.1 Å². The van der Waals surface area contributed by atoms with E-state index in [4.69, 9.17) is 5.11 Å². The number of aromatic nitrogens is 2. The summed E-state index contributed by atoms with van der Waals surface area (Å²) in [6.07, 6.45) is 3.22. The van der Waals surface area contributed by atoms with Gasteiger partial charge in [-0.15, -0.1) is 0 Å². The highest BCUT2D eigenvalue weighted by Crippen LogP contribution is 2.38. The Kier molecular flexibility index (Phi) is 4.34. The van der Waals surface area contributed by atoms with Gasteiger partial charge in [0.25, 0.3) is 0 Å². The molecule has 1 unspecified atom stereocenters. The highest BCUT2D eigenvalue weighted by atomic mass is 79.9. The zero-order valence-electron chi connectivity index (χ0n) is 9.99. The lowest BCUT2D eigenvalue weighted by Crippen LogP contribution is -2.14. The van der Waals surface area contributed by atoms with Gasteiger partial charge < -0.3 is 10.4 Å². The van der Waals surface area contributed by atoms with Crippen molar-refractivity contribution in [2.45, 2.75) is 32.1 Å². The molecule has 5 heteroatoms. The molecule has 17 heavy (non-hydrogen) atoms. The fourth-order valence-corrected chi connectivity index (χ4v) is 2.05. The molecule has 1 heterocycles. The van der Waals surface area contributed by atoms with Crippen LogP contribution in [0, 0.1) is 5.92 Å². The van der Waals surface area contributed by atoms with Gasteiger partial charge in [0.05, 0.1) is 0 Å². The fraction of sp³-hybridized carbons (Fsp3) is 0.667. The van der Waals surface area contributed by atoms with Crippen LogP contribution in [0.4, 0.5) is 5.82 Å². The third-order valence-electron chi connectivity index (χ3n) is 2.91. The number of hydrogen-bond donors (Lipinski definition) is 2. The Hall–Kier alpha value is -0.680. The Bertz CT molecular complexity index is 382. The maximum absolute atomic E-state index is 8.84. The molecule has 1 fully saturated rings. The standard InChI is InChI=1S/C12H18BrN3O/c1-8(4-5-17)7-14-11-6-10(13)15-12(16-11)9-2-3-9/h6,8-9,17H,2-5,7H2,1H3,(H,14,15,16). The van der Waals surface area contributed by atoms with Gasteiger partial charge in [0, 0.05) is 25.1 Å². The zero-order valence-corrected chi connectivity index (χ0v) is 11.6. The van der Waals surface area contributed by atoms with E-state index in [1.807, 2.05) is 6.07 Å². The minimum absolute atomic E-state index is 0.240. The van der Waals surface area contributed by atoms with Crippen LogP contribution in [-0.4, -0.2) is 28.2 Å². The molecule has 2 N–H and O–H groups in total. The van der Waals surface area contributed by atoms with Crippen molar-refractivity contribution in [1.29, 1.82) is 0 Å². The lowest BCUT2D eigenvalue weighted by Gasteiger charge is -2.12. The van der Waals surface area contributed by atoms with E-state index in [1.165, 1.54) is 12.8 Å². The van der Waals surface area contributed by atoms with Crippen molar-refractivity contribution in [2.75, 3.05) is 18.5 Å². The smallest absolute Gasteiger partial charge is 0.135 e.